The van der Waals surface area contributed by atoms with Gasteiger partial charge in [-0.15, -0.1) is 0 Å². The summed E-state index contributed by atoms with van der Waals surface area (Å²) in [7, 11) is 1.59. The number of pyridine rings is 1. The molecule has 5 rings (SSSR count). The van der Waals surface area contributed by atoms with E-state index in [0.29, 0.717) is 22.6 Å². The Kier molecular flexibility index (Phi) is 5.77. The number of thiocarbonyl (C=S) groups is 1. The van der Waals surface area contributed by atoms with Crippen LogP contribution in [-0.2, 0) is 4.79 Å². The van der Waals surface area contributed by atoms with E-state index in [1.165, 1.54) is 36.7 Å². The van der Waals surface area contributed by atoms with E-state index in [2.05, 4.69) is 45.0 Å². The fraction of sp³-hybridized carbons (Fsp3) is 0.346. The second-order valence-corrected chi connectivity index (χ2v) is 9.38. The van der Waals surface area contributed by atoms with Crippen LogP contribution in [0.5, 0.6) is 5.75 Å². The molecule has 0 bridgehead atoms. The third-order valence-corrected chi connectivity index (χ3v) is 6.94. The van der Waals surface area contributed by atoms with Crippen LogP contribution in [0.3, 0.4) is 0 Å². The van der Waals surface area contributed by atoms with E-state index in [-0.39, 0.29) is 18.0 Å². The number of nitrogens with zero attached hydrogens (tertiary/aromatic N) is 3. The zero-order chi connectivity index (χ0) is 24.0. The van der Waals surface area contributed by atoms with Gasteiger partial charge < -0.3 is 24.8 Å². The lowest BCUT2D eigenvalue weighted by Gasteiger charge is -2.29. The van der Waals surface area contributed by atoms with Gasteiger partial charge in [-0.05, 0) is 80.9 Å². The molecule has 7 nitrogen and oxygen atoms in total. The van der Waals surface area contributed by atoms with E-state index >= 15 is 0 Å². The summed E-state index contributed by atoms with van der Waals surface area (Å²) in [6.07, 6.45) is 4.27. The normalized spacial score (nSPS) is 19.8. The second kappa shape index (κ2) is 8.76. The number of anilines is 2. The molecule has 2 aromatic heterocycles. The third-order valence-electron chi connectivity index (χ3n) is 6.62. The summed E-state index contributed by atoms with van der Waals surface area (Å²) in [6.45, 7) is 5.87. The van der Waals surface area contributed by atoms with E-state index in [4.69, 9.17) is 17.0 Å². The molecule has 2 N–H and O–H groups in total. The number of ether oxygens (including phenoxy) is 1. The average molecular weight is 476 g/mol. The number of aromatic nitrogens is 2. The molecule has 2 atom stereocenters. The Hall–Kier alpha value is -3.39. The second-order valence-electron chi connectivity index (χ2n) is 8.99. The zero-order valence-corrected chi connectivity index (χ0v) is 20.6. The summed E-state index contributed by atoms with van der Waals surface area (Å²) in [5.74, 6) is 0.440. The standard InChI is InChI=1S/C26H29N5O2S/c1-15-13-20(16(2)30(15)18-8-9-18)25-24(21-7-5-6-12-27-21)29-26(34)31(25)19-10-11-23(33-4)22(14-19)28-17(3)32/h5-7,10-14,18,24-25H,8-9H2,1-4H3,(H,28,32)(H,29,34)/t24-,25+/m0/s1. The molecule has 1 aliphatic heterocycles. The molecule has 176 valence electrons. The van der Waals surface area contributed by atoms with Gasteiger partial charge in [0.1, 0.15) is 5.75 Å². The van der Waals surface area contributed by atoms with Gasteiger partial charge in [0.25, 0.3) is 0 Å². The van der Waals surface area contributed by atoms with Crippen LogP contribution in [0.1, 0.15) is 60.5 Å². The number of amides is 1. The van der Waals surface area contributed by atoms with Gasteiger partial charge in [-0.3, -0.25) is 9.78 Å². The van der Waals surface area contributed by atoms with Crippen LogP contribution in [-0.4, -0.2) is 27.7 Å². The lowest BCUT2D eigenvalue weighted by molar-refractivity contribution is -0.114. The highest BCUT2D eigenvalue weighted by Crippen LogP contribution is 2.46. The van der Waals surface area contributed by atoms with Crippen LogP contribution in [0.25, 0.3) is 0 Å². The van der Waals surface area contributed by atoms with Crippen LogP contribution in [0.15, 0.2) is 48.7 Å². The SMILES string of the molecule is COc1ccc(N2C(=S)N[C@@H](c3ccccn3)[C@H]2c2cc(C)n(C3CC3)c2C)cc1NC(C)=O. The maximum atomic E-state index is 11.8. The highest BCUT2D eigenvalue weighted by molar-refractivity contribution is 7.80. The molecule has 0 spiro atoms. The lowest BCUT2D eigenvalue weighted by atomic mass is 9.96. The number of methoxy groups -OCH3 is 1. The number of rotatable bonds is 6. The first kappa shape index (κ1) is 22.4. The number of nitrogens with one attached hydrogen (secondary N) is 2. The monoisotopic (exact) mass is 475 g/mol. The summed E-state index contributed by atoms with van der Waals surface area (Å²) >= 11 is 5.88. The first-order chi connectivity index (χ1) is 16.4. The summed E-state index contributed by atoms with van der Waals surface area (Å²) in [6, 6.07) is 14.4. The van der Waals surface area contributed by atoms with E-state index < -0.39 is 0 Å². The van der Waals surface area contributed by atoms with Gasteiger partial charge >= 0.3 is 0 Å². The van der Waals surface area contributed by atoms with Crippen molar-refractivity contribution in [3.05, 3.63) is 71.3 Å². The minimum atomic E-state index is -0.159. The third kappa shape index (κ3) is 3.92. The number of carbonyl (C=O) groups excluding carboxylic acids is 1. The summed E-state index contributed by atoms with van der Waals surface area (Å²) in [5, 5.41) is 7.02. The maximum Gasteiger partial charge on any atom is 0.221 e. The summed E-state index contributed by atoms with van der Waals surface area (Å²) < 4.78 is 7.93. The first-order valence-corrected chi connectivity index (χ1v) is 11.9. The molecule has 1 aliphatic carbocycles. The predicted octanol–water partition coefficient (Wildman–Crippen LogP) is 4.98. The largest absolute Gasteiger partial charge is 0.495 e. The first-order valence-electron chi connectivity index (χ1n) is 11.5. The van der Waals surface area contributed by atoms with Crippen LogP contribution in [0.4, 0.5) is 11.4 Å². The Labute approximate surface area is 205 Å². The van der Waals surface area contributed by atoms with Crippen molar-refractivity contribution in [2.75, 3.05) is 17.3 Å². The number of hydrogen-bond acceptors (Lipinski definition) is 4. The van der Waals surface area contributed by atoms with E-state index in [1.807, 2.05) is 42.6 Å². The molecule has 0 radical (unpaired) electrons. The Morgan fingerprint density at radius 1 is 1.21 bits per heavy atom. The van der Waals surface area contributed by atoms with Gasteiger partial charge in [-0.2, -0.15) is 0 Å². The molecular formula is C26H29N5O2S. The van der Waals surface area contributed by atoms with Gasteiger partial charge in [0.2, 0.25) is 5.91 Å². The Morgan fingerprint density at radius 2 is 2.00 bits per heavy atom. The van der Waals surface area contributed by atoms with Crippen molar-refractivity contribution in [1.82, 2.24) is 14.9 Å². The highest BCUT2D eigenvalue weighted by Gasteiger charge is 2.43. The smallest absolute Gasteiger partial charge is 0.221 e. The number of aryl methyl sites for hydroxylation is 1. The Balaban J connectivity index is 1.65. The highest BCUT2D eigenvalue weighted by atomic mass is 32.1. The van der Waals surface area contributed by atoms with Crippen molar-refractivity contribution < 1.29 is 9.53 Å². The number of hydrogen-bond donors (Lipinski definition) is 2. The van der Waals surface area contributed by atoms with E-state index in [1.54, 1.807) is 7.11 Å². The minimum absolute atomic E-state index is 0.0975. The predicted molar refractivity (Wildman–Crippen MR) is 137 cm³/mol. The number of benzene rings is 1. The summed E-state index contributed by atoms with van der Waals surface area (Å²) in [5.41, 5.74) is 6.17. The van der Waals surface area contributed by atoms with Crippen molar-refractivity contribution in [3.63, 3.8) is 0 Å². The maximum absolute atomic E-state index is 11.8. The Bertz CT molecular complexity index is 1250. The number of carbonyl (C=O) groups is 1. The quantitative estimate of drug-likeness (QED) is 0.490. The molecule has 34 heavy (non-hydrogen) atoms. The van der Waals surface area contributed by atoms with Crippen molar-refractivity contribution in [1.29, 1.82) is 0 Å². The van der Waals surface area contributed by atoms with Crippen LogP contribution in [0, 0.1) is 13.8 Å². The van der Waals surface area contributed by atoms with Gasteiger partial charge in [-0.25, -0.2) is 0 Å². The molecule has 0 unspecified atom stereocenters. The molecule has 1 saturated heterocycles. The van der Waals surface area contributed by atoms with Crippen molar-refractivity contribution in [3.8, 4) is 5.75 Å². The van der Waals surface area contributed by atoms with Gasteiger partial charge in [0.05, 0.1) is 30.6 Å². The van der Waals surface area contributed by atoms with E-state index in [9.17, 15) is 4.79 Å². The van der Waals surface area contributed by atoms with Crippen LogP contribution < -0.4 is 20.3 Å². The summed E-state index contributed by atoms with van der Waals surface area (Å²) in [4.78, 5) is 18.6. The fourth-order valence-electron chi connectivity index (χ4n) is 5.08. The molecule has 3 heterocycles. The van der Waals surface area contributed by atoms with Gasteiger partial charge in [-0.1, -0.05) is 6.07 Å². The molecular weight excluding hydrogens is 446 g/mol. The molecule has 1 saturated carbocycles. The lowest BCUT2D eigenvalue weighted by Crippen LogP contribution is -2.29. The molecule has 1 aromatic carbocycles. The molecule has 8 heteroatoms. The van der Waals surface area contributed by atoms with E-state index in [0.717, 1.165) is 11.4 Å². The average Bonchev–Trinajstić information content (AvgIpc) is 3.52. The van der Waals surface area contributed by atoms with Gasteiger partial charge in [0.15, 0.2) is 5.11 Å². The van der Waals surface area contributed by atoms with Crippen molar-refractivity contribution in [2.24, 2.45) is 0 Å². The molecule has 2 fully saturated rings. The van der Waals surface area contributed by atoms with Gasteiger partial charge in [0, 0.05) is 36.2 Å². The van der Waals surface area contributed by atoms with Crippen molar-refractivity contribution >= 4 is 34.6 Å². The topological polar surface area (TPSA) is 71.4 Å². The molecule has 2 aliphatic rings. The minimum Gasteiger partial charge on any atom is -0.495 e. The fourth-order valence-corrected chi connectivity index (χ4v) is 5.42. The zero-order valence-electron chi connectivity index (χ0n) is 19.8. The molecule has 3 aromatic rings. The van der Waals surface area contributed by atoms with Crippen molar-refractivity contribution in [2.45, 2.75) is 51.7 Å². The van der Waals surface area contributed by atoms with Crippen LogP contribution >= 0.6 is 12.2 Å². The van der Waals surface area contributed by atoms with Crippen LogP contribution in [0.2, 0.25) is 0 Å². The molecule has 1 amide bonds. The Morgan fingerprint density at radius 3 is 2.65 bits per heavy atom.